The molecular weight excluding hydrogens is 520 g/mol. The summed E-state index contributed by atoms with van der Waals surface area (Å²) in [4.78, 5) is 0. The number of unbranched alkanes of at least 4 members (excludes halogenated alkanes) is 5. The van der Waals surface area contributed by atoms with Gasteiger partial charge in [0.2, 0.25) is 11.6 Å². The molecular formula is C33H44F4O3. The molecule has 0 aromatic heterocycles. The smallest absolute Gasteiger partial charge is 0.200 e. The van der Waals surface area contributed by atoms with Crippen molar-refractivity contribution in [2.24, 2.45) is 5.92 Å². The number of fused-ring (bicyclic) bond motifs is 1. The minimum atomic E-state index is -1.03. The van der Waals surface area contributed by atoms with Gasteiger partial charge < -0.3 is 14.2 Å². The molecule has 0 radical (unpaired) electrons. The highest BCUT2D eigenvalue weighted by Gasteiger charge is 2.30. The first-order valence-corrected chi connectivity index (χ1v) is 15.3. The van der Waals surface area contributed by atoms with Crippen LogP contribution >= 0.6 is 0 Å². The van der Waals surface area contributed by atoms with Gasteiger partial charge in [-0.2, -0.15) is 8.78 Å². The number of hydrogen-bond acceptors (Lipinski definition) is 3. The van der Waals surface area contributed by atoms with Gasteiger partial charge in [-0.05, 0) is 85.6 Å². The summed E-state index contributed by atoms with van der Waals surface area (Å²) < 4.78 is 76.3. The second-order valence-corrected chi connectivity index (χ2v) is 11.4. The van der Waals surface area contributed by atoms with Gasteiger partial charge >= 0.3 is 0 Å². The van der Waals surface area contributed by atoms with Gasteiger partial charge in [0.1, 0.15) is 0 Å². The summed E-state index contributed by atoms with van der Waals surface area (Å²) in [6.45, 7) is 4.08. The van der Waals surface area contributed by atoms with Crippen LogP contribution in [0.25, 0.3) is 0 Å². The van der Waals surface area contributed by atoms with E-state index in [-0.39, 0.29) is 35.7 Å². The molecule has 40 heavy (non-hydrogen) atoms. The molecule has 7 heteroatoms. The summed E-state index contributed by atoms with van der Waals surface area (Å²) >= 11 is 0. The molecule has 2 aliphatic rings. The highest BCUT2D eigenvalue weighted by atomic mass is 19.2. The van der Waals surface area contributed by atoms with Crippen LogP contribution in [0.2, 0.25) is 0 Å². The molecule has 0 aliphatic heterocycles. The van der Waals surface area contributed by atoms with E-state index >= 15 is 8.78 Å². The van der Waals surface area contributed by atoms with E-state index in [9.17, 15) is 8.78 Å². The van der Waals surface area contributed by atoms with E-state index in [1.165, 1.54) is 37.8 Å². The van der Waals surface area contributed by atoms with E-state index in [0.29, 0.717) is 38.0 Å². The Balaban J connectivity index is 1.27. The monoisotopic (exact) mass is 564 g/mol. The topological polar surface area (TPSA) is 27.7 Å². The second kappa shape index (κ2) is 15.6. The largest absolute Gasteiger partial charge is 0.490 e. The van der Waals surface area contributed by atoms with E-state index in [1.807, 2.05) is 0 Å². The van der Waals surface area contributed by atoms with Crippen molar-refractivity contribution >= 4 is 0 Å². The normalized spacial score (nSPS) is 16.7. The Morgan fingerprint density at radius 3 is 2.15 bits per heavy atom. The fourth-order valence-corrected chi connectivity index (χ4v) is 5.47. The van der Waals surface area contributed by atoms with E-state index in [2.05, 4.69) is 6.92 Å². The quantitative estimate of drug-likeness (QED) is 0.133. The number of rotatable bonds is 18. The van der Waals surface area contributed by atoms with E-state index in [0.717, 1.165) is 51.0 Å². The highest BCUT2D eigenvalue weighted by molar-refractivity contribution is 5.43. The van der Waals surface area contributed by atoms with E-state index < -0.39 is 29.2 Å². The zero-order chi connectivity index (χ0) is 28.3. The van der Waals surface area contributed by atoms with Crippen molar-refractivity contribution in [2.45, 2.75) is 103 Å². The van der Waals surface area contributed by atoms with Crippen LogP contribution in [0.4, 0.5) is 17.6 Å². The van der Waals surface area contributed by atoms with Crippen molar-refractivity contribution in [3.8, 4) is 11.5 Å². The Kier molecular flexibility index (Phi) is 12.0. The van der Waals surface area contributed by atoms with Gasteiger partial charge in [0.15, 0.2) is 23.1 Å². The molecule has 2 aromatic carbocycles. The van der Waals surface area contributed by atoms with Crippen molar-refractivity contribution in [3.05, 3.63) is 58.2 Å². The van der Waals surface area contributed by atoms with Crippen LogP contribution in [0.5, 0.6) is 11.5 Å². The van der Waals surface area contributed by atoms with Gasteiger partial charge in [-0.15, -0.1) is 0 Å². The van der Waals surface area contributed by atoms with Gasteiger partial charge in [0.05, 0.1) is 13.2 Å². The lowest BCUT2D eigenvalue weighted by Gasteiger charge is -2.27. The van der Waals surface area contributed by atoms with Gasteiger partial charge in [0.25, 0.3) is 0 Å². The average molecular weight is 565 g/mol. The van der Waals surface area contributed by atoms with Crippen LogP contribution in [-0.4, -0.2) is 26.4 Å². The van der Waals surface area contributed by atoms with E-state index in [4.69, 9.17) is 14.2 Å². The first kappa shape index (κ1) is 30.7. The van der Waals surface area contributed by atoms with Crippen molar-refractivity contribution in [2.75, 3.05) is 26.4 Å². The van der Waals surface area contributed by atoms with Crippen LogP contribution in [0.3, 0.4) is 0 Å². The summed E-state index contributed by atoms with van der Waals surface area (Å²) in [6, 6.07) is 4.54. The summed E-state index contributed by atoms with van der Waals surface area (Å²) in [5.74, 6) is -3.66. The zero-order valence-corrected chi connectivity index (χ0v) is 23.9. The number of benzene rings is 2. The maximum atomic E-state index is 15.1. The SMILES string of the molecule is CCCCOCCCCOc1cc2c(c(F)c1F)CC(c1ccc(OCCCCCCC3CC3)c(F)c1F)CC2. The Bertz CT molecular complexity index is 1090. The third-order valence-corrected chi connectivity index (χ3v) is 8.14. The van der Waals surface area contributed by atoms with Crippen molar-refractivity contribution in [1.82, 2.24) is 0 Å². The molecule has 0 heterocycles. The molecule has 222 valence electrons. The van der Waals surface area contributed by atoms with Crippen LogP contribution < -0.4 is 9.47 Å². The fraction of sp³-hybridized carbons (Fsp3) is 0.636. The predicted molar refractivity (Wildman–Crippen MR) is 149 cm³/mol. The summed E-state index contributed by atoms with van der Waals surface area (Å²) in [5.41, 5.74) is 1.05. The number of halogens is 4. The van der Waals surface area contributed by atoms with Crippen molar-refractivity contribution < 1.29 is 31.8 Å². The molecule has 0 amide bonds. The second-order valence-electron chi connectivity index (χ2n) is 11.4. The molecule has 1 unspecified atom stereocenters. The van der Waals surface area contributed by atoms with E-state index in [1.54, 1.807) is 6.07 Å². The third-order valence-electron chi connectivity index (χ3n) is 8.14. The molecule has 1 fully saturated rings. The lowest BCUT2D eigenvalue weighted by molar-refractivity contribution is 0.123. The molecule has 0 saturated heterocycles. The predicted octanol–water partition coefficient (Wildman–Crippen LogP) is 9.23. The molecule has 0 spiro atoms. The molecule has 4 rings (SSSR count). The third kappa shape index (κ3) is 8.61. The summed E-state index contributed by atoms with van der Waals surface area (Å²) in [7, 11) is 0. The lowest BCUT2D eigenvalue weighted by atomic mass is 9.79. The Labute approximate surface area is 236 Å². The van der Waals surface area contributed by atoms with Crippen molar-refractivity contribution in [1.29, 1.82) is 0 Å². The summed E-state index contributed by atoms with van der Waals surface area (Å²) in [5, 5.41) is 0. The van der Waals surface area contributed by atoms with Crippen LogP contribution in [0.15, 0.2) is 18.2 Å². The molecule has 2 aromatic rings. The van der Waals surface area contributed by atoms with Crippen LogP contribution in [0.1, 0.15) is 107 Å². The first-order chi connectivity index (χ1) is 19.5. The molecule has 2 aliphatic carbocycles. The maximum Gasteiger partial charge on any atom is 0.200 e. The Morgan fingerprint density at radius 2 is 1.38 bits per heavy atom. The minimum Gasteiger partial charge on any atom is -0.490 e. The molecule has 1 atom stereocenters. The maximum absolute atomic E-state index is 15.1. The molecule has 1 saturated carbocycles. The Morgan fingerprint density at radius 1 is 0.700 bits per heavy atom. The van der Waals surface area contributed by atoms with Crippen LogP contribution in [-0.2, 0) is 17.6 Å². The number of ether oxygens (including phenoxy) is 3. The first-order valence-electron chi connectivity index (χ1n) is 15.3. The average Bonchev–Trinajstić information content (AvgIpc) is 3.79. The molecule has 0 bridgehead atoms. The van der Waals surface area contributed by atoms with Crippen molar-refractivity contribution in [3.63, 3.8) is 0 Å². The Hall–Kier alpha value is -2.28. The van der Waals surface area contributed by atoms with Gasteiger partial charge in [-0.25, -0.2) is 8.78 Å². The standard InChI is InChI=1S/C33H44F4O3/c1-2-3-17-38-18-8-9-20-40-29-22-25-14-13-24(21-27(25)31(35)33(29)37)26-15-16-28(32(36)30(26)34)39-19-7-5-4-6-10-23-11-12-23/h15-16,22-24H,2-14,17-21H2,1H3. The van der Waals surface area contributed by atoms with Gasteiger partial charge in [-0.3, -0.25) is 0 Å². The highest BCUT2D eigenvalue weighted by Crippen LogP contribution is 2.39. The zero-order valence-electron chi connectivity index (χ0n) is 23.9. The number of hydrogen-bond donors (Lipinski definition) is 0. The number of aryl methyl sites for hydroxylation is 1. The molecule has 0 N–H and O–H groups in total. The van der Waals surface area contributed by atoms with Crippen LogP contribution in [0, 0.1) is 29.2 Å². The molecule has 3 nitrogen and oxygen atoms in total. The van der Waals surface area contributed by atoms with Gasteiger partial charge in [0, 0.05) is 13.2 Å². The van der Waals surface area contributed by atoms with Gasteiger partial charge in [-0.1, -0.05) is 57.9 Å². The summed E-state index contributed by atoms with van der Waals surface area (Å²) in [6.07, 6.45) is 12.8. The fourth-order valence-electron chi connectivity index (χ4n) is 5.47. The lowest BCUT2D eigenvalue weighted by Crippen LogP contribution is -2.18. The minimum absolute atomic E-state index is 0.0942.